The van der Waals surface area contributed by atoms with Gasteiger partial charge in [-0.05, 0) is 19.1 Å². The third-order valence-electron chi connectivity index (χ3n) is 2.08. The maximum Gasteiger partial charge on any atom is 0.143 e. The van der Waals surface area contributed by atoms with Crippen LogP contribution in [0.2, 0.25) is 0 Å². The molecule has 0 spiro atoms. The Balaban J connectivity index is 2.24. The molecule has 0 aliphatic rings. The third kappa shape index (κ3) is 2.88. The van der Waals surface area contributed by atoms with Crippen molar-refractivity contribution in [1.29, 1.82) is 0 Å². The van der Waals surface area contributed by atoms with E-state index in [1.54, 1.807) is 18.6 Å². The molecule has 17 heavy (non-hydrogen) atoms. The molecule has 0 fully saturated rings. The highest BCUT2D eigenvalue weighted by atomic mass is 32.2. The first kappa shape index (κ1) is 11.7. The lowest BCUT2D eigenvalue weighted by molar-refractivity contribution is 0.341. The smallest absolute Gasteiger partial charge is 0.143 e. The number of nitrogen functional groups attached to an aromatic ring is 1. The van der Waals surface area contributed by atoms with Crippen molar-refractivity contribution < 1.29 is 4.74 Å². The van der Waals surface area contributed by atoms with Gasteiger partial charge in [-0.1, -0.05) is 17.8 Å². The average molecular weight is 247 g/mol. The number of hydrogen-bond donors (Lipinski definition) is 1. The van der Waals surface area contributed by atoms with Gasteiger partial charge in [0, 0.05) is 17.3 Å². The van der Waals surface area contributed by atoms with E-state index in [9.17, 15) is 0 Å². The average Bonchev–Trinajstić information content (AvgIpc) is 2.36. The molecule has 5 heteroatoms. The molecule has 1 aromatic heterocycles. The third-order valence-corrected chi connectivity index (χ3v) is 3.08. The summed E-state index contributed by atoms with van der Waals surface area (Å²) < 4.78 is 5.44. The summed E-state index contributed by atoms with van der Waals surface area (Å²) in [6.07, 6.45) is 5.01. The monoisotopic (exact) mass is 247 g/mol. The number of benzene rings is 1. The molecule has 0 bridgehead atoms. The molecule has 0 atom stereocenters. The highest BCUT2D eigenvalue weighted by molar-refractivity contribution is 7.99. The van der Waals surface area contributed by atoms with E-state index in [0.29, 0.717) is 18.0 Å². The minimum absolute atomic E-state index is 0.601. The SMILES string of the molecule is CCOc1cccc(Sc2cnccn2)c1N. The topological polar surface area (TPSA) is 61.0 Å². The Morgan fingerprint density at radius 3 is 2.94 bits per heavy atom. The Kier molecular flexibility index (Phi) is 3.82. The number of ether oxygens (including phenoxy) is 1. The Labute approximate surface area is 104 Å². The van der Waals surface area contributed by atoms with Gasteiger partial charge in [-0.15, -0.1) is 0 Å². The van der Waals surface area contributed by atoms with E-state index in [-0.39, 0.29) is 0 Å². The van der Waals surface area contributed by atoms with E-state index in [0.717, 1.165) is 9.92 Å². The van der Waals surface area contributed by atoms with Gasteiger partial charge in [0.05, 0.1) is 18.5 Å². The van der Waals surface area contributed by atoms with E-state index in [4.69, 9.17) is 10.5 Å². The highest BCUT2D eigenvalue weighted by Crippen LogP contribution is 2.35. The Bertz CT molecular complexity index is 490. The van der Waals surface area contributed by atoms with E-state index < -0.39 is 0 Å². The molecule has 1 heterocycles. The Morgan fingerprint density at radius 2 is 2.24 bits per heavy atom. The Hall–Kier alpha value is -1.75. The van der Waals surface area contributed by atoms with E-state index in [2.05, 4.69) is 9.97 Å². The fourth-order valence-corrected chi connectivity index (χ4v) is 2.15. The number of anilines is 1. The van der Waals surface area contributed by atoms with Crippen LogP contribution in [0.1, 0.15) is 6.92 Å². The van der Waals surface area contributed by atoms with Gasteiger partial charge in [-0.3, -0.25) is 4.98 Å². The van der Waals surface area contributed by atoms with Crippen molar-refractivity contribution in [3.63, 3.8) is 0 Å². The van der Waals surface area contributed by atoms with Crippen molar-refractivity contribution in [2.45, 2.75) is 16.8 Å². The van der Waals surface area contributed by atoms with Crippen molar-refractivity contribution >= 4 is 17.4 Å². The van der Waals surface area contributed by atoms with Gasteiger partial charge in [-0.2, -0.15) is 0 Å². The fraction of sp³-hybridized carbons (Fsp3) is 0.167. The zero-order valence-corrected chi connectivity index (χ0v) is 10.3. The van der Waals surface area contributed by atoms with Crippen LogP contribution in [-0.2, 0) is 0 Å². The molecule has 0 saturated carbocycles. The minimum Gasteiger partial charge on any atom is -0.492 e. The predicted octanol–water partition coefficient (Wildman–Crippen LogP) is 2.61. The summed E-state index contributed by atoms with van der Waals surface area (Å²) >= 11 is 1.48. The van der Waals surface area contributed by atoms with Crippen LogP contribution in [0.4, 0.5) is 5.69 Å². The lowest BCUT2D eigenvalue weighted by Gasteiger charge is -2.10. The number of nitrogens with zero attached hydrogens (tertiary/aromatic N) is 2. The van der Waals surface area contributed by atoms with Crippen molar-refractivity contribution in [2.24, 2.45) is 0 Å². The summed E-state index contributed by atoms with van der Waals surface area (Å²) in [7, 11) is 0. The lowest BCUT2D eigenvalue weighted by Crippen LogP contribution is -1.98. The van der Waals surface area contributed by atoms with E-state index in [1.165, 1.54) is 11.8 Å². The molecule has 88 valence electrons. The van der Waals surface area contributed by atoms with E-state index >= 15 is 0 Å². The standard InChI is InChI=1S/C12H13N3OS/c1-2-16-9-4-3-5-10(12(9)13)17-11-8-14-6-7-15-11/h3-8H,2,13H2,1H3. The number of rotatable bonds is 4. The van der Waals surface area contributed by atoms with Crippen LogP contribution in [0.5, 0.6) is 5.75 Å². The van der Waals surface area contributed by atoms with Crippen molar-refractivity contribution in [1.82, 2.24) is 9.97 Å². The summed E-state index contributed by atoms with van der Waals surface area (Å²) in [6, 6.07) is 5.72. The Morgan fingerprint density at radius 1 is 1.35 bits per heavy atom. The zero-order chi connectivity index (χ0) is 12.1. The zero-order valence-electron chi connectivity index (χ0n) is 9.46. The van der Waals surface area contributed by atoms with Crippen LogP contribution in [-0.4, -0.2) is 16.6 Å². The van der Waals surface area contributed by atoms with Gasteiger partial charge in [0.15, 0.2) is 0 Å². The molecule has 2 rings (SSSR count). The van der Waals surface area contributed by atoms with Crippen LogP contribution in [0.3, 0.4) is 0 Å². The molecular weight excluding hydrogens is 234 g/mol. The largest absolute Gasteiger partial charge is 0.492 e. The summed E-state index contributed by atoms with van der Waals surface area (Å²) in [4.78, 5) is 9.14. The molecule has 0 amide bonds. The molecule has 1 aromatic carbocycles. The number of aromatic nitrogens is 2. The van der Waals surface area contributed by atoms with Crippen LogP contribution in [0.25, 0.3) is 0 Å². The van der Waals surface area contributed by atoms with E-state index in [1.807, 2.05) is 25.1 Å². The molecule has 0 radical (unpaired) electrons. The molecule has 4 nitrogen and oxygen atoms in total. The number of hydrogen-bond acceptors (Lipinski definition) is 5. The van der Waals surface area contributed by atoms with Gasteiger partial charge in [0.2, 0.25) is 0 Å². The predicted molar refractivity (Wildman–Crippen MR) is 68.2 cm³/mol. The second-order valence-electron chi connectivity index (χ2n) is 3.25. The molecule has 0 saturated heterocycles. The number of nitrogens with two attached hydrogens (primary N) is 1. The quantitative estimate of drug-likeness (QED) is 0.841. The van der Waals surface area contributed by atoms with Crippen molar-refractivity contribution in [2.75, 3.05) is 12.3 Å². The summed E-state index contributed by atoms with van der Waals surface area (Å²) in [6.45, 7) is 2.53. The molecule has 2 N–H and O–H groups in total. The summed E-state index contributed by atoms with van der Waals surface area (Å²) in [5.41, 5.74) is 6.67. The summed E-state index contributed by atoms with van der Waals surface area (Å²) in [5, 5.41) is 0.813. The first-order valence-electron chi connectivity index (χ1n) is 5.26. The molecule has 0 aliphatic carbocycles. The van der Waals surface area contributed by atoms with Crippen LogP contribution < -0.4 is 10.5 Å². The van der Waals surface area contributed by atoms with Gasteiger partial charge in [0.25, 0.3) is 0 Å². The molecule has 2 aromatic rings. The fourth-order valence-electron chi connectivity index (χ4n) is 1.35. The first-order valence-corrected chi connectivity index (χ1v) is 6.08. The number of para-hydroxylation sites is 1. The van der Waals surface area contributed by atoms with Crippen molar-refractivity contribution in [3.8, 4) is 5.75 Å². The van der Waals surface area contributed by atoms with Gasteiger partial charge >= 0.3 is 0 Å². The highest BCUT2D eigenvalue weighted by Gasteiger charge is 2.07. The molecule has 0 aliphatic heterocycles. The molecular formula is C12H13N3OS. The maximum absolute atomic E-state index is 6.02. The maximum atomic E-state index is 6.02. The van der Waals surface area contributed by atoms with Gasteiger partial charge < -0.3 is 10.5 Å². The van der Waals surface area contributed by atoms with Gasteiger partial charge in [-0.25, -0.2) is 4.98 Å². The van der Waals surface area contributed by atoms with Crippen LogP contribution >= 0.6 is 11.8 Å². The molecule has 0 unspecified atom stereocenters. The lowest BCUT2D eigenvalue weighted by atomic mass is 10.3. The minimum atomic E-state index is 0.601. The first-order chi connectivity index (χ1) is 8.31. The second-order valence-corrected chi connectivity index (χ2v) is 4.31. The van der Waals surface area contributed by atoms with Gasteiger partial charge in [0.1, 0.15) is 10.8 Å². The second kappa shape index (κ2) is 5.54. The summed E-state index contributed by atoms with van der Waals surface area (Å²) in [5.74, 6) is 0.710. The normalized spacial score (nSPS) is 10.2. The van der Waals surface area contributed by atoms with Crippen LogP contribution in [0.15, 0.2) is 46.7 Å². The van der Waals surface area contributed by atoms with Crippen molar-refractivity contribution in [3.05, 3.63) is 36.8 Å². The van der Waals surface area contributed by atoms with Crippen LogP contribution in [0, 0.1) is 0 Å².